The molecular weight excluding hydrogens is 316 g/mol. The first-order chi connectivity index (χ1) is 12.3. The monoisotopic (exact) mass is 340 g/mol. The minimum Gasteiger partial charge on any atom is -0.468 e. The van der Waals surface area contributed by atoms with E-state index in [1.165, 1.54) is 0 Å². The summed E-state index contributed by atoms with van der Waals surface area (Å²) in [7, 11) is 0. The summed E-state index contributed by atoms with van der Waals surface area (Å²) in [6.45, 7) is 3.92. The molecule has 1 atom stereocenters. The highest BCUT2D eigenvalue weighted by molar-refractivity contribution is 5.93. The summed E-state index contributed by atoms with van der Waals surface area (Å²) in [5.41, 5.74) is 0.864. The molecule has 0 saturated carbocycles. The summed E-state index contributed by atoms with van der Waals surface area (Å²) in [5, 5.41) is 3.10. The van der Waals surface area contributed by atoms with Gasteiger partial charge in [-0.15, -0.1) is 0 Å². The zero-order valence-corrected chi connectivity index (χ0v) is 14.3. The van der Waals surface area contributed by atoms with Crippen LogP contribution in [0.5, 0.6) is 0 Å². The van der Waals surface area contributed by atoms with Gasteiger partial charge in [0.05, 0.1) is 18.7 Å². The predicted molar refractivity (Wildman–Crippen MR) is 95.0 cm³/mol. The highest BCUT2D eigenvalue weighted by atomic mass is 16.5. The molecule has 1 aromatic carbocycles. The maximum Gasteiger partial charge on any atom is 0.229 e. The molecular formula is C20H24N2O3. The van der Waals surface area contributed by atoms with E-state index < -0.39 is 0 Å². The van der Waals surface area contributed by atoms with Crippen molar-refractivity contribution in [3.8, 4) is 0 Å². The van der Waals surface area contributed by atoms with Crippen LogP contribution in [0.25, 0.3) is 0 Å². The Morgan fingerprint density at radius 1 is 1.16 bits per heavy atom. The van der Waals surface area contributed by atoms with E-state index in [0.717, 1.165) is 57.1 Å². The van der Waals surface area contributed by atoms with E-state index in [1.54, 1.807) is 6.26 Å². The van der Waals surface area contributed by atoms with Crippen LogP contribution >= 0.6 is 0 Å². The van der Waals surface area contributed by atoms with Gasteiger partial charge in [0.1, 0.15) is 5.76 Å². The van der Waals surface area contributed by atoms with Gasteiger partial charge in [0.15, 0.2) is 0 Å². The third-order valence-electron chi connectivity index (χ3n) is 5.52. The Morgan fingerprint density at radius 3 is 2.68 bits per heavy atom. The molecule has 2 fully saturated rings. The van der Waals surface area contributed by atoms with Crippen LogP contribution < -0.4 is 5.32 Å². The molecule has 2 aliphatic rings. The van der Waals surface area contributed by atoms with Crippen molar-refractivity contribution in [3.05, 3.63) is 54.5 Å². The lowest BCUT2D eigenvalue weighted by Gasteiger charge is -2.37. The summed E-state index contributed by atoms with van der Waals surface area (Å²) in [6.07, 6.45) is 3.58. The third kappa shape index (κ3) is 3.48. The van der Waals surface area contributed by atoms with Crippen molar-refractivity contribution in [1.82, 2.24) is 4.90 Å². The molecule has 25 heavy (non-hydrogen) atoms. The number of amides is 1. The number of rotatable bonds is 4. The Morgan fingerprint density at radius 2 is 1.96 bits per heavy atom. The number of hydrogen-bond donors (Lipinski definition) is 1. The van der Waals surface area contributed by atoms with Gasteiger partial charge in [-0.2, -0.15) is 0 Å². The molecule has 1 spiro atoms. The van der Waals surface area contributed by atoms with E-state index in [2.05, 4.69) is 10.2 Å². The van der Waals surface area contributed by atoms with Gasteiger partial charge in [0.2, 0.25) is 5.91 Å². The van der Waals surface area contributed by atoms with E-state index in [9.17, 15) is 4.79 Å². The largest absolute Gasteiger partial charge is 0.468 e. The molecule has 3 heterocycles. The maximum atomic E-state index is 13.0. The highest BCUT2D eigenvalue weighted by Crippen LogP contribution is 2.45. The third-order valence-corrected chi connectivity index (χ3v) is 5.52. The van der Waals surface area contributed by atoms with Crippen LogP contribution in [0.3, 0.4) is 0 Å². The standard InChI is InChI=1S/C20H24N2O3/c23-19(21-16-5-2-1-3-6-16)18-14-22(13-17-7-4-10-25-17)15-20(18)8-11-24-12-9-20/h1-7,10,18H,8-9,11-15H2,(H,21,23). The smallest absolute Gasteiger partial charge is 0.229 e. The summed E-state index contributed by atoms with van der Waals surface area (Å²) in [6, 6.07) is 13.6. The molecule has 132 valence electrons. The highest BCUT2D eigenvalue weighted by Gasteiger charge is 2.50. The van der Waals surface area contributed by atoms with Gasteiger partial charge in [-0.25, -0.2) is 0 Å². The number of carbonyl (C=O) groups is 1. The van der Waals surface area contributed by atoms with Crippen molar-refractivity contribution in [2.45, 2.75) is 19.4 Å². The molecule has 2 aromatic rings. The van der Waals surface area contributed by atoms with Crippen LogP contribution in [0.4, 0.5) is 5.69 Å². The lowest BCUT2D eigenvalue weighted by atomic mass is 9.71. The van der Waals surface area contributed by atoms with Gasteiger partial charge in [-0.1, -0.05) is 18.2 Å². The first kappa shape index (κ1) is 16.4. The molecule has 1 N–H and O–H groups in total. The van der Waals surface area contributed by atoms with Crippen molar-refractivity contribution < 1.29 is 13.9 Å². The van der Waals surface area contributed by atoms with Crippen molar-refractivity contribution in [2.24, 2.45) is 11.3 Å². The molecule has 0 radical (unpaired) electrons. The van der Waals surface area contributed by atoms with Crippen molar-refractivity contribution >= 4 is 11.6 Å². The number of furan rings is 1. The second-order valence-corrected chi connectivity index (χ2v) is 7.13. The summed E-state index contributed by atoms with van der Waals surface area (Å²) in [4.78, 5) is 15.4. The van der Waals surface area contributed by atoms with Gasteiger partial charge in [-0.05, 0) is 37.1 Å². The van der Waals surface area contributed by atoms with Crippen LogP contribution in [0.1, 0.15) is 18.6 Å². The van der Waals surface area contributed by atoms with E-state index in [1.807, 2.05) is 42.5 Å². The lowest BCUT2D eigenvalue weighted by molar-refractivity contribution is -0.124. The average molecular weight is 340 g/mol. The maximum absolute atomic E-state index is 13.0. The summed E-state index contributed by atoms with van der Waals surface area (Å²) >= 11 is 0. The predicted octanol–water partition coefficient (Wildman–Crippen LogP) is 3.15. The number of nitrogens with one attached hydrogen (secondary N) is 1. The lowest BCUT2D eigenvalue weighted by Crippen LogP contribution is -2.42. The molecule has 1 unspecified atom stereocenters. The number of likely N-dealkylation sites (tertiary alicyclic amines) is 1. The van der Waals surface area contributed by atoms with Gasteiger partial charge < -0.3 is 14.5 Å². The van der Waals surface area contributed by atoms with Crippen molar-refractivity contribution in [1.29, 1.82) is 0 Å². The van der Waals surface area contributed by atoms with Crippen LogP contribution in [0.2, 0.25) is 0 Å². The fraction of sp³-hybridized carbons (Fsp3) is 0.450. The Kier molecular flexibility index (Phi) is 4.59. The van der Waals surface area contributed by atoms with Crippen LogP contribution in [-0.2, 0) is 16.1 Å². The quantitative estimate of drug-likeness (QED) is 0.929. The van der Waals surface area contributed by atoms with E-state index in [0.29, 0.717) is 0 Å². The second kappa shape index (κ2) is 7.02. The Labute approximate surface area is 148 Å². The number of carbonyl (C=O) groups excluding carboxylic acids is 1. The normalized spacial score (nSPS) is 23.0. The molecule has 5 heteroatoms. The molecule has 0 aliphatic carbocycles. The molecule has 1 amide bonds. The van der Waals surface area contributed by atoms with Crippen molar-refractivity contribution in [2.75, 3.05) is 31.6 Å². The fourth-order valence-corrected chi connectivity index (χ4v) is 4.21. The summed E-state index contributed by atoms with van der Waals surface area (Å²) < 4.78 is 11.1. The van der Waals surface area contributed by atoms with Crippen LogP contribution in [0, 0.1) is 11.3 Å². The van der Waals surface area contributed by atoms with E-state index >= 15 is 0 Å². The SMILES string of the molecule is O=C(Nc1ccccc1)C1CN(Cc2ccco2)CC12CCOCC2. The van der Waals surface area contributed by atoms with E-state index in [4.69, 9.17) is 9.15 Å². The fourth-order valence-electron chi connectivity index (χ4n) is 4.21. The van der Waals surface area contributed by atoms with Gasteiger partial charge in [0.25, 0.3) is 0 Å². The number of hydrogen-bond acceptors (Lipinski definition) is 4. The number of para-hydroxylation sites is 1. The number of benzene rings is 1. The molecule has 1 aromatic heterocycles. The van der Waals surface area contributed by atoms with Crippen LogP contribution in [-0.4, -0.2) is 37.1 Å². The average Bonchev–Trinajstić information content (AvgIpc) is 3.25. The van der Waals surface area contributed by atoms with E-state index in [-0.39, 0.29) is 17.2 Å². The molecule has 0 bridgehead atoms. The Hall–Kier alpha value is -2.11. The molecule has 2 aliphatic heterocycles. The van der Waals surface area contributed by atoms with Gasteiger partial charge in [-0.3, -0.25) is 9.69 Å². The minimum absolute atomic E-state index is 0.00368. The van der Waals surface area contributed by atoms with Gasteiger partial charge >= 0.3 is 0 Å². The molecule has 4 rings (SSSR count). The first-order valence-electron chi connectivity index (χ1n) is 8.94. The van der Waals surface area contributed by atoms with Crippen molar-refractivity contribution in [3.63, 3.8) is 0 Å². The summed E-state index contributed by atoms with van der Waals surface area (Å²) in [5.74, 6) is 1.05. The van der Waals surface area contributed by atoms with Gasteiger partial charge in [0, 0.05) is 37.4 Å². The zero-order chi connectivity index (χ0) is 17.1. The minimum atomic E-state index is -0.0217. The number of anilines is 1. The Bertz CT molecular complexity index is 693. The number of ether oxygens (including phenoxy) is 1. The molecule has 2 saturated heterocycles. The number of nitrogens with zero attached hydrogens (tertiary/aromatic N) is 1. The topological polar surface area (TPSA) is 54.7 Å². The zero-order valence-electron chi connectivity index (χ0n) is 14.3. The second-order valence-electron chi connectivity index (χ2n) is 7.13. The Balaban J connectivity index is 1.51. The molecule has 5 nitrogen and oxygen atoms in total. The van der Waals surface area contributed by atoms with Crippen LogP contribution in [0.15, 0.2) is 53.1 Å². The first-order valence-corrected chi connectivity index (χ1v) is 8.94.